The quantitative estimate of drug-likeness (QED) is 0.0230. The minimum Gasteiger partial charge on any atom is -0.478 e. The number of benzene rings is 6. The summed E-state index contributed by atoms with van der Waals surface area (Å²) in [5.41, 5.74) is 10.9. The summed E-state index contributed by atoms with van der Waals surface area (Å²) in [6, 6.07) is 49.5. The number of nitrogens with two attached hydrogens (primary N) is 1. The van der Waals surface area contributed by atoms with Crippen LogP contribution in [0.25, 0.3) is 87.4 Å². The van der Waals surface area contributed by atoms with Crippen molar-refractivity contribution >= 4 is 147 Å². The van der Waals surface area contributed by atoms with Crippen LogP contribution in [-0.4, -0.2) is 142 Å². The number of rotatable bonds is 18. The van der Waals surface area contributed by atoms with Crippen LogP contribution in [0.5, 0.6) is 0 Å². The second-order valence-corrected chi connectivity index (χ2v) is 31.3. The fraction of sp³-hybridized carbons (Fsp3) is 0.0417. The van der Waals surface area contributed by atoms with Gasteiger partial charge < -0.3 is 9.52 Å². The molecule has 13 aromatic rings. The van der Waals surface area contributed by atoms with E-state index in [2.05, 4.69) is 66.6 Å². The van der Waals surface area contributed by atoms with E-state index in [0.717, 1.165) is 36.5 Å². The van der Waals surface area contributed by atoms with Gasteiger partial charge in [0.2, 0.25) is 11.8 Å². The van der Waals surface area contributed by atoms with Gasteiger partial charge >= 0.3 is 5.97 Å². The summed E-state index contributed by atoms with van der Waals surface area (Å²) in [7, 11) is -10.2. The zero-order valence-electron chi connectivity index (χ0n) is 57.3. The van der Waals surface area contributed by atoms with Crippen molar-refractivity contribution in [2.24, 2.45) is 5.84 Å². The molecule has 0 aliphatic heterocycles. The molecule has 3 amide bonds. The van der Waals surface area contributed by atoms with Crippen molar-refractivity contribution in [3.63, 3.8) is 0 Å². The highest BCUT2D eigenvalue weighted by atomic mass is 35.5. The molecule has 564 valence electrons. The van der Waals surface area contributed by atoms with Gasteiger partial charge in [-0.3, -0.25) is 59.3 Å². The Labute approximate surface area is 661 Å². The third kappa shape index (κ3) is 21.5. The SMILES string of the molecule is CS(=O)(=O)c1ccc(-c2nnc(/C=C/C(=O)NNC(=O)c3ccc(Cl)cc3)n2-c2ccccc2Cl)nc1.CS(=O)(=O)c1ccc(-c2nnc(/C=C/C(=O)O)n2-c2ccccc2Cl)nc1.CS(=O)(=O)c1ccc(-c2nnc(/C=C/c3nnc(-c4ccc(Cl)cc4)o3)n2-c2ccccc2Cl)nc1.NNC(=O)c1ccc(Cl)cc1. The number of aromatic nitrogens is 14. The molecular formula is C72H54Cl6N18O12S3. The minimum atomic E-state index is -3.43. The van der Waals surface area contributed by atoms with E-state index < -0.39 is 47.3 Å². The molecule has 30 nitrogen and oxygen atoms in total. The van der Waals surface area contributed by atoms with Crippen molar-refractivity contribution in [3.8, 4) is 63.1 Å². The highest BCUT2D eigenvalue weighted by Gasteiger charge is 2.23. The number of carbonyl (C=O) groups is 4. The Kier molecular flexibility index (Phi) is 26.8. The van der Waals surface area contributed by atoms with Crippen molar-refractivity contribution in [1.82, 2.24) is 85.7 Å². The molecule has 7 aromatic heterocycles. The number of hydrazine groups is 2. The number of amides is 3. The molecule has 6 N–H and O–H groups in total. The molecule has 0 fully saturated rings. The lowest BCUT2D eigenvalue weighted by atomic mass is 10.2. The lowest BCUT2D eigenvalue weighted by Gasteiger charge is -2.10. The summed E-state index contributed by atoms with van der Waals surface area (Å²) in [6.45, 7) is 0. The third-order valence-corrected chi connectivity index (χ3v) is 19.8. The molecular weight excluding hydrogens is 1620 g/mol. The van der Waals surface area contributed by atoms with Crippen LogP contribution < -0.4 is 22.1 Å². The van der Waals surface area contributed by atoms with Crippen molar-refractivity contribution in [3.05, 3.63) is 277 Å². The van der Waals surface area contributed by atoms with Crippen LogP contribution in [0.1, 0.15) is 44.1 Å². The van der Waals surface area contributed by atoms with E-state index in [1.54, 1.807) is 153 Å². The molecule has 0 spiro atoms. The fourth-order valence-corrected chi connectivity index (χ4v) is 12.2. The largest absolute Gasteiger partial charge is 0.478 e. The Morgan fingerprint density at radius 2 is 0.775 bits per heavy atom. The van der Waals surface area contributed by atoms with E-state index in [-0.39, 0.29) is 49.8 Å². The van der Waals surface area contributed by atoms with Crippen LogP contribution in [0.2, 0.25) is 30.1 Å². The molecule has 0 bridgehead atoms. The molecule has 0 radical (unpaired) electrons. The Hall–Kier alpha value is -12.0. The molecule has 0 saturated carbocycles. The summed E-state index contributed by atoms with van der Waals surface area (Å²) < 4.78 is 81.0. The smallest absolute Gasteiger partial charge is 0.328 e. The predicted octanol–water partition coefficient (Wildman–Crippen LogP) is 12.2. The number of hydrogen-bond acceptors (Lipinski definition) is 23. The summed E-state index contributed by atoms with van der Waals surface area (Å²) in [4.78, 5) is 59.1. The molecule has 7 heterocycles. The lowest BCUT2D eigenvalue weighted by Crippen LogP contribution is -2.40. The lowest BCUT2D eigenvalue weighted by molar-refractivity contribution is -0.131. The number of nitrogen functional groups attached to an aromatic ring is 1. The zero-order valence-corrected chi connectivity index (χ0v) is 64.3. The maximum Gasteiger partial charge on any atom is 0.328 e. The van der Waals surface area contributed by atoms with Crippen molar-refractivity contribution < 1.29 is 54.0 Å². The molecule has 0 aliphatic carbocycles. The number of pyridine rings is 3. The third-order valence-electron chi connectivity index (χ3n) is 14.8. The Bertz CT molecular complexity index is 6030. The molecule has 0 atom stereocenters. The van der Waals surface area contributed by atoms with Crippen molar-refractivity contribution in [1.29, 1.82) is 0 Å². The molecule has 39 heteroatoms. The van der Waals surface area contributed by atoms with E-state index in [1.165, 1.54) is 73.2 Å². The fourth-order valence-electron chi connectivity index (χ4n) is 9.49. The molecule has 0 saturated heterocycles. The van der Waals surface area contributed by atoms with Gasteiger partial charge in [-0.1, -0.05) is 106 Å². The van der Waals surface area contributed by atoms with Crippen LogP contribution >= 0.6 is 69.6 Å². The number of carboxylic acid groups (broad SMARTS) is 1. The summed E-state index contributed by atoms with van der Waals surface area (Å²) in [5.74, 6) is 4.70. The first-order valence-corrected chi connectivity index (χ1v) is 39.5. The van der Waals surface area contributed by atoms with Gasteiger partial charge in [0, 0.05) is 87.3 Å². The second-order valence-electron chi connectivity index (χ2n) is 22.7. The molecule has 111 heavy (non-hydrogen) atoms. The van der Waals surface area contributed by atoms with Crippen LogP contribution in [0.15, 0.2) is 232 Å². The van der Waals surface area contributed by atoms with Gasteiger partial charge in [0.15, 0.2) is 64.5 Å². The number of sulfone groups is 3. The predicted molar refractivity (Wildman–Crippen MR) is 418 cm³/mol. The van der Waals surface area contributed by atoms with Crippen LogP contribution in [0.4, 0.5) is 0 Å². The normalized spacial score (nSPS) is 11.4. The summed E-state index contributed by atoms with van der Waals surface area (Å²) in [5, 5.41) is 44.9. The summed E-state index contributed by atoms with van der Waals surface area (Å²) >= 11 is 36.5. The van der Waals surface area contributed by atoms with Crippen molar-refractivity contribution in [2.45, 2.75) is 14.7 Å². The first-order chi connectivity index (χ1) is 52.9. The number of carboxylic acids is 1. The van der Waals surface area contributed by atoms with Gasteiger partial charge in [0.25, 0.3) is 17.7 Å². The van der Waals surface area contributed by atoms with E-state index in [9.17, 15) is 44.4 Å². The molecule has 0 unspecified atom stereocenters. The number of hydrogen-bond donors (Lipinski definition) is 5. The van der Waals surface area contributed by atoms with Gasteiger partial charge in [0.1, 0.15) is 17.1 Å². The minimum absolute atomic E-state index is 0.0532. The number of halogens is 6. The van der Waals surface area contributed by atoms with Gasteiger partial charge in [-0.25, -0.2) is 35.9 Å². The maximum atomic E-state index is 12.3. The van der Waals surface area contributed by atoms with E-state index in [0.29, 0.717) is 92.9 Å². The van der Waals surface area contributed by atoms with Gasteiger partial charge in [-0.05, 0) is 164 Å². The number of aliphatic carboxylic acids is 1. The highest BCUT2D eigenvalue weighted by Crippen LogP contribution is 2.32. The van der Waals surface area contributed by atoms with Gasteiger partial charge in [0.05, 0.1) is 46.8 Å². The van der Waals surface area contributed by atoms with E-state index in [4.69, 9.17) is 85.0 Å². The monoisotopic (exact) mass is 1670 g/mol. The zero-order chi connectivity index (χ0) is 79.7. The number of carbonyl (C=O) groups excluding carboxylic acids is 3. The molecule has 6 aromatic carbocycles. The Morgan fingerprint density at radius 3 is 1.13 bits per heavy atom. The Balaban J connectivity index is 0.000000167. The second kappa shape index (κ2) is 36.5. The van der Waals surface area contributed by atoms with Crippen LogP contribution in [0.3, 0.4) is 0 Å². The van der Waals surface area contributed by atoms with E-state index >= 15 is 0 Å². The van der Waals surface area contributed by atoms with Crippen molar-refractivity contribution in [2.75, 3.05) is 18.8 Å². The van der Waals surface area contributed by atoms with Crippen LogP contribution in [0, 0.1) is 0 Å². The number of para-hydroxylation sites is 3. The number of nitrogens with one attached hydrogen (secondary N) is 3. The van der Waals surface area contributed by atoms with Gasteiger partial charge in [-0.15, -0.1) is 40.8 Å². The average molecular weight is 1670 g/mol. The molecule has 0 aliphatic rings. The number of nitrogens with zero attached hydrogens (tertiary/aromatic N) is 14. The summed E-state index contributed by atoms with van der Waals surface area (Å²) in [6.07, 6.45) is 15.0. The standard InChI is InChI=1S/C24H18Cl2N6O4S.C24H16Cl2N6O3S.C17H13ClN4O4S.C7H7ClN2O/c1-37(35,36)17-10-11-19(27-14-17)23-30-28-21(32(23)20-5-3-2-4-18(20)26)12-13-22(33)29-31-24(34)15-6-8-16(25)9-7-15;1-36(33,34)17-10-11-19(27-14-17)23-30-28-21(32(23)20-5-3-2-4-18(20)26)12-13-22-29-31-24(35-22)15-6-8-16(25)9-7-15;1-27(25,26)11-6-7-13(19-10-11)17-21-20-15(8-9-16(23)24)22(17)14-5-3-2-4-12(14)18;8-6-3-1-5(2-4-6)7(11)10-9/h2-14H,1H3,(H,29,33)(H,31,34);2-14H,1H3;2-10H,1H3,(H,23,24);1-4H,9H2,(H,10,11)/b2*13-12+;9-8+;. The van der Waals surface area contributed by atoms with Gasteiger partial charge in [-0.2, -0.15) is 0 Å². The first kappa shape index (κ1) is 81.5. The van der Waals surface area contributed by atoms with E-state index in [1.807, 2.05) is 17.6 Å². The highest BCUT2D eigenvalue weighted by molar-refractivity contribution is 7.91. The topological polar surface area (TPSA) is 423 Å². The molecule has 13 rings (SSSR count). The average Bonchev–Trinajstić information content (AvgIpc) is 1.68. The Morgan fingerprint density at radius 1 is 0.414 bits per heavy atom. The first-order valence-electron chi connectivity index (χ1n) is 31.5. The van der Waals surface area contributed by atoms with Crippen LogP contribution in [-0.2, 0) is 39.1 Å². The maximum absolute atomic E-state index is 12.3.